The highest BCUT2D eigenvalue weighted by Gasteiger charge is 2.48. The summed E-state index contributed by atoms with van der Waals surface area (Å²) in [5.41, 5.74) is 3.20. The van der Waals surface area contributed by atoms with Gasteiger partial charge in [-0.15, -0.1) is 0 Å². The summed E-state index contributed by atoms with van der Waals surface area (Å²) in [7, 11) is 0. The molecule has 4 fully saturated rings. The van der Waals surface area contributed by atoms with E-state index in [0.717, 1.165) is 29.6 Å². The van der Waals surface area contributed by atoms with Crippen LogP contribution in [0.3, 0.4) is 0 Å². The molecule has 4 aliphatic rings. The second kappa shape index (κ2) is 4.36. The number of rotatable bonds is 2. The first-order valence-electron chi connectivity index (χ1n) is 8.30. The zero-order valence-electron chi connectivity index (χ0n) is 12.3. The summed E-state index contributed by atoms with van der Waals surface area (Å²) in [4.78, 5) is 0. The van der Waals surface area contributed by atoms with Crippen LogP contribution in [0.2, 0.25) is 0 Å². The second-order valence-electron chi connectivity index (χ2n) is 7.78. The predicted octanol–water partition coefficient (Wildman–Crippen LogP) is 5.35. The quantitative estimate of drug-likeness (QED) is 0.667. The molecular weight excluding hydrogens is 228 g/mol. The van der Waals surface area contributed by atoms with E-state index < -0.39 is 0 Å². The van der Waals surface area contributed by atoms with Gasteiger partial charge >= 0.3 is 0 Å². The van der Waals surface area contributed by atoms with Gasteiger partial charge in [0.05, 0.1) is 0 Å². The Bertz CT molecular complexity index is 443. The maximum atomic E-state index is 2.53. The Kier molecular flexibility index (Phi) is 2.76. The molecule has 1 aromatic carbocycles. The molecule has 102 valence electrons. The van der Waals surface area contributed by atoms with Crippen molar-refractivity contribution < 1.29 is 0 Å². The Morgan fingerprint density at radius 1 is 0.895 bits per heavy atom. The molecule has 0 radical (unpaired) electrons. The van der Waals surface area contributed by atoms with Crippen LogP contribution >= 0.6 is 0 Å². The van der Waals surface area contributed by atoms with Crippen LogP contribution in [0.25, 0.3) is 0 Å². The molecular formula is C19H26. The lowest BCUT2D eigenvalue weighted by Crippen LogP contribution is -2.43. The molecule has 4 saturated carbocycles. The molecule has 0 amide bonds. The van der Waals surface area contributed by atoms with Gasteiger partial charge in [0.15, 0.2) is 0 Å². The van der Waals surface area contributed by atoms with Gasteiger partial charge in [-0.1, -0.05) is 38.1 Å². The van der Waals surface area contributed by atoms with Crippen LogP contribution in [0.15, 0.2) is 24.3 Å². The van der Waals surface area contributed by atoms with Crippen LogP contribution in [0, 0.1) is 23.7 Å². The SMILES string of the molecule is CC(C)c1cccc(C2C3CC4CC(C3)CC2C4)c1. The Morgan fingerprint density at radius 3 is 2.11 bits per heavy atom. The van der Waals surface area contributed by atoms with E-state index in [1.165, 1.54) is 31.2 Å². The normalized spacial score (nSPS) is 40.1. The van der Waals surface area contributed by atoms with Crippen LogP contribution in [0.1, 0.15) is 68.9 Å². The van der Waals surface area contributed by atoms with E-state index in [1.54, 1.807) is 12.0 Å². The van der Waals surface area contributed by atoms with E-state index >= 15 is 0 Å². The van der Waals surface area contributed by atoms with Gasteiger partial charge in [-0.25, -0.2) is 0 Å². The molecule has 0 heterocycles. The molecule has 0 nitrogen and oxygen atoms in total. The lowest BCUT2D eigenvalue weighted by atomic mass is 9.50. The van der Waals surface area contributed by atoms with Gasteiger partial charge in [0.1, 0.15) is 0 Å². The van der Waals surface area contributed by atoms with E-state index in [-0.39, 0.29) is 0 Å². The maximum absolute atomic E-state index is 2.53. The Hall–Kier alpha value is -0.780. The zero-order chi connectivity index (χ0) is 13.0. The van der Waals surface area contributed by atoms with Crippen molar-refractivity contribution in [3.05, 3.63) is 35.4 Å². The summed E-state index contributed by atoms with van der Waals surface area (Å²) in [5.74, 6) is 5.76. The second-order valence-corrected chi connectivity index (χ2v) is 7.78. The fraction of sp³-hybridized carbons (Fsp3) is 0.684. The van der Waals surface area contributed by atoms with Crippen molar-refractivity contribution in [1.82, 2.24) is 0 Å². The largest absolute Gasteiger partial charge is 0.0617 e. The smallest absolute Gasteiger partial charge is 0.0105 e. The standard InChI is InChI=1S/C19H26/c1-12(2)15-4-3-5-16(11-15)19-17-7-13-6-14(9-17)10-18(19)8-13/h3-5,11-14,17-19H,6-10H2,1-2H3. The molecule has 4 aliphatic carbocycles. The average molecular weight is 254 g/mol. The van der Waals surface area contributed by atoms with Gasteiger partial charge in [0.2, 0.25) is 0 Å². The molecule has 0 heteroatoms. The van der Waals surface area contributed by atoms with Crippen LogP contribution in [-0.2, 0) is 0 Å². The van der Waals surface area contributed by atoms with Crippen LogP contribution < -0.4 is 0 Å². The fourth-order valence-corrected chi connectivity index (χ4v) is 5.59. The molecule has 0 saturated heterocycles. The Labute approximate surface area is 117 Å². The molecule has 4 bridgehead atoms. The van der Waals surface area contributed by atoms with Crippen molar-refractivity contribution in [2.24, 2.45) is 23.7 Å². The highest BCUT2D eigenvalue weighted by molar-refractivity contribution is 5.30. The van der Waals surface area contributed by atoms with Gasteiger partial charge in [-0.2, -0.15) is 0 Å². The Morgan fingerprint density at radius 2 is 1.53 bits per heavy atom. The van der Waals surface area contributed by atoms with E-state index in [1.807, 2.05) is 0 Å². The molecule has 0 spiro atoms. The fourth-order valence-electron chi connectivity index (χ4n) is 5.59. The topological polar surface area (TPSA) is 0 Å². The van der Waals surface area contributed by atoms with Gasteiger partial charge in [0.25, 0.3) is 0 Å². The van der Waals surface area contributed by atoms with Crippen LogP contribution in [0.5, 0.6) is 0 Å². The summed E-state index contributed by atoms with van der Waals surface area (Å²) in [5, 5.41) is 0. The summed E-state index contributed by atoms with van der Waals surface area (Å²) >= 11 is 0. The average Bonchev–Trinajstić information content (AvgIpc) is 2.37. The summed E-state index contributed by atoms with van der Waals surface area (Å²) < 4.78 is 0. The van der Waals surface area contributed by atoms with Crippen molar-refractivity contribution in [2.45, 2.75) is 57.8 Å². The molecule has 1 aromatic rings. The lowest BCUT2D eigenvalue weighted by Gasteiger charge is -2.54. The molecule has 0 aromatic heterocycles. The van der Waals surface area contributed by atoms with Crippen LogP contribution in [-0.4, -0.2) is 0 Å². The minimum atomic E-state index is 0.664. The lowest BCUT2D eigenvalue weighted by molar-refractivity contribution is -0.00280. The number of benzene rings is 1. The molecule has 5 rings (SSSR count). The minimum Gasteiger partial charge on any atom is -0.0617 e. The van der Waals surface area contributed by atoms with E-state index in [9.17, 15) is 0 Å². The first kappa shape index (κ1) is 12.0. The van der Waals surface area contributed by atoms with E-state index in [0.29, 0.717) is 5.92 Å². The van der Waals surface area contributed by atoms with Gasteiger partial charge in [-0.05, 0) is 78.7 Å². The third-order valence-electron chi connectivity index (χ3n) is 6.19. The van der Waals surface area contributed by atoms with Crippen LogP contribution in [0.4, 0.5) is 0 Å². The number of hydrogen-bond acceptors (Lipinski definition) is 0. The summed E-state index contributed by atoms with van der Waals surface area (Å²) in [6.07, 6.45) is 7.69. The number of hydrogen-bond donors (Lipinski definition) is 0. The molecule has 0 aliphatic heterocycles. The molecule has 19 heavy (non-hydrogen) atoms. The van der Waals surface area contributed by atoms with Gasteiger partial charge < -0.3 is 0 Å². The summed E-state index contributed by atoms with van der Waals surface area (Å²) in [6.45, 7) is 4.63. The van der Waals surface area contributed by atoms with Crippen molar-refractivity contribution in [1.29, 1.82) is 0 Å². The maximum Gasteiger partial charge on any atom is -0.0105 e. The Balaban J connectivity index is 1.67. The summed E-state index contributed by atoms with van der Waals surface area (Å²) in [6, 6.07) is 9.55. The van der Waals surface area contributed by atoms with Crippen molar-refractivity contribution in [2.75, 3.05) is 0 Å². The van der Waals surface area contributed by atoms with Crippen molar-refractivity contribution in [3.63, 3.8) is 0 Å². The van der Waals surface area contributed by atoms with E-state index in [4.69, 9.17) is 0 Å². The first-order valence-corrected chi connectivity index (χ1v) is 8.30. The third-order valence-corrected chi connectivity index (χ3v) is 6.19. The zero-order valence-corrected chi connectivity index (χ0v) is 12.3. The predicted molar refractivity (Wildman–Crippen MR) is 80.3 cm³/mol. The van der Waals surface area contributed by atoms with Crippen molar-refractivity contribution >= 4 is 0 Å². The minimum absolute atomic E-state index is 0.664. The molecule has 0 unspecified atom stereocenters. The highest BCUT2D eigenvalue weighted by atomic mass is 14.5. The van der Waals surface area contributed by atoms with E-state index in [2.05, 4.69) is 38.1 Å². The van der Waals surface area contributed by atoms with Gasteiger partial charge in [0, 0.05) is 0 Å². The molecule has 0 atom stereocenters. The first-order chi connectivity index (χ1) is 9.20. The van der Waals surface area contributed by atoms with Gasteiger partial charge in [-0.3, -0.25) is 0 Å². The van der Waals surface area contributed by atoms with Crippen molar-refractivity contribution in [3.8, 4) is 0 Å². The third kappa shape index (κ3) is 1.95. The molecule has 0 N–H and O–H groups in total. The monoisotopic (exact) mass is 254 g/mol. The highest BCUT2D eigenvalue weighted by Crippen LogP contribution is 2.59.